The van der Waals surface area contributed by atoms with Crippen LogP contribution in [0.25, 0.3) is 11.1 Å². The van der Waals surface area contributed by atoms with E-state index in [1.165, 1.54) is 12.1 Å². The molecule has 0 spiro atoms. The van der Waals surface area contributed by atoms with Crippen LogP contribution in [-0.4, -0.2) is 0 Å². The first-order valence-electron chi connectivity index (χ1n) is 9.57. The summed E-state index contributed by atoms with van der Waals surface area (Å²) in [5, 5.41) is 0. The van der Waals surface area contributed by atoms with E-state index < -0.39 is 52.3 Å². The van der Waals surface area contributed by atoms with Crippen molar-refractivity contribution in [3.63, 3.8) is 0 Å². The molecular formula is C23H14F8O. The lowest BCUT2D eigenvalue weighted by molar-refractivity contribution is -0.189. The van der Waals surface area contributed by atoms with Crippen molar-refractivity contribution in [2.45, 2.75) is 31.3 Å². The number of halogens is 8. The van der Waals surface area contributed by atoms with E-state index in [0.29, 0.717) is 12.1 Å². The average molecular weight is 458 g/mol. The molecule has 9 heteroatoms. The monoisotopic (exact) mass is 458 g/mol. The minimum atomic E-state index is -4.71. The van der Waals surface area contributed by atoms with Crippen molar-refractivity contribution in [1.82, 2.24) is 0 Å². The van der Waals surface area contributed by atoms with Crippen molar-refractivity contribution in [3.05, 3.63) is 88.5 Å². The topological polar surface area (TPSA) is 9.23 Å². The Balaban J connectivity index is 1.66. The van der Waals surface area contributed by atoms with Gasteiger partial charge in [-0.25, -0.2) is 26.3 Å². The van der Waals surface area contributed by atoms with Crippen LogP contribution in [0.3, 0.4) is 0 Å². The number of ether oxygens (including phenoxy) is 1. The third-order valence-electron chi connectivity index (χ3n) is 5.42. The SMILES string of the molecule is Fc1cc(C2CCC2)ccc1-c1cc(F)c(C(F)(F)Oc2cc(F)c(F)c(F)c2)c(F)c1. The van der Waals surface area contributed by atoms with Crippen LogP contribution in [0, 0.1) is 34.9 Å². The first-order valence-corrected chi connectivity index (χ1v) is 9.57. The zero-order valence-electron chi connectivity index (χ0n) is 16.2. The molecule has 32 heavy (non-hydrogen) atoms. The quantitative estimate of drug-likeness (QED) is 0.283. The summed E-state index contributed by atoms with van der Waals surface area (Å²) in [5.41, 5.74) is -1.62. The van der Waals surface area contributed by atoms with Gasteiger partial charge in [0.05, 0.1) is 0 Å². The van der Waals surface area contributed by atoms with E-state index in [1.54, 1.807) is 6.07 Å². The van der Waals surface area contributed by atoms with Crippen LogP contribution < -0.4 is 4.74 Å². The number of alkyl halides is 2. The molecule has 0 radical (unpaired) electrons. The molecule has 1 aliphatic rings. The van der Waals surface area contributed by atoms with E-state index in [4.69, 9.17) is 0 Å². The van der Waals surface area contributed by atoms with Gasteiger partial charge in [-0.1, -0.05) is 18.6 Å². The molecule has 1 saturated carbocycles. The van der Waals surface area contributed by atoms with Crippen LogP contribution in [0.15, 0.2) is 42.5 Å². The van der Waals surface area contributed by atoms with Gasteiger partial charge in [-0.15, -0.1) is 0 Å². The fourth-order valence-electron chi connectivity index (χ4n) is 3.56. The van der Waals surface area contributed by atoms with Gasteiger partial charge in [0.2, 0.25) is 0 Å². The molecule has 1 aliphatic carbocycles. The molecule has 0 amide bonds. The van der Waals surface area contributed by atoms with Crippen molar-refractivity contribution in [3.8, 4) is 16.9 Å². The predicted octanol–water partition coefficient (Wildman–Crippen LogP) is 7.58. The molecule has 0 atom stereocenters. The van der Waals surface area contributed by atoms with Crippen LogP contribution >= 0.6 is 0 Å². The Hall–Kier alpha value is -3.10. The lowest BCUT2D eigenvalue weighted by Crippen LogP contribution is -2.25. The molecule has 0 bridgehead atoms. The largest absolute Gasteiger partial charge is 0.432 e. The highest BCUT2D eigenvalue weighted by Gasteiger charge is 2.41. The van der Waals surface area contributed by atoms with E-state index in [0.717, 1.165) is 24.8 Å². The number of hydrogen-bond acceptors (Lipinski definition) is 1. The standard InChI is InChI=1S/C23H14F8O/c24-16-6-12(11-2-1-3-11)4-5-15(16)13-7-17(25)21(18(26)8-13)23(30,31)32-14-9-19(27)22(29)20(28)10-14/h4-11H,1-3H2. The summed E-state index contributed by atoms with van der Waals surface area (Å²) in [6, 6.07) is 5.39. The maximum atomic E-state index is 14.5. The summed E-state index contributed by atoms with van der Waals surface area (Å²) >= 11 is 0. The summed E-state index contributed by atoms with van der Waals surface area (Å²) in [7, 11) is 0. The van der Waals surface area contributed by atoms with Crippen molar-refractivity contribution < 1.29 is 39.9 Å². The van der Waals surface area contributed by atoms with Gasteiger partial charge in [0, 0.05) is 17.7 Å². The van der Waals surface area contributed by atoms with Crippen molar-refractivity contribution >= 4 is 0 Å². The van der Waals surface area contributed by atoms with Crippen molar-refractivity contribution in [2.24, 2.45) is 0 Å². The Bertz CT molecular complexity index is 1140. The minimum absolute atomic E-state index is 0.107. The van der Waals surface area contributed by atoms with E-state index in [1.807, 2.05) is 0 Å². The van der Waals surface area contributed by atoms with Crippen molar-refractivity contribution in [2.75, 3.05) is 0 Å². The Kier molecular flexibility index (Phi) is 5.60. The number of hydrogen-bond donors (Lipinski definition) is 0. The van der Waals surface area contributed by atoms with Crippen LogP contribution in [0.5, 0.6) is 5.75 Å². The van der Waals surface area contributed by atoms with Gasteiger partial charge >= 0.3 is 6.11 Å². The molecule has 1 nitrogen and oxygen atoms in total. The zero-order valence-corrected chi connectivity index (χ0v) is 16.2. The summed E-state index contributed by atoms with van der Waals surface area (Å²) < 4.78 is 116. The summed E-state index contributed by atoms with van der Waals surface area (Å²) in [6.07, 6.45) is -1.86. The van der Waals surface area contributed by atoms with Gasteiger partial charge in [-0.3, -0.25) is 0 Å². The van der Waals surface area contributed by atoms with Crippen molar-refractivity contribution in [1.29, 1.82) is 0 Å². The molecule has 168 valence electrons. The van der Waals surface area contributed by atoms with Gasteiger partial charge in [0.1, 0.15) is 28.8 Å². The predicted molar refractivity (Wildman–Crippen MR) is 99.2 cm³/mol. The van der Waals surface area contributed by atoms with Crippen LogP contribution in [0.2, 0.25) is 0 Å². The Morgan fingerprint density at radius 3 is 1.81 bits per heavy atom. The Labute approximate surface area is 177 Å². The molecule has 0 unspecified atom stereocenters. The van der Waals surface area contributed by atoms with Crippen LogP contribution in [0.4, 0.5) is 35.1 Å². The smallest absolute Gasteiger partial charge is 0.429 e. The first-order chi connectivity index (χ1) is 15.1. The molecule has 0 aromatic heterocycles. The molecule has 0 heterocycles. The van der Waals surface area contributed by atoms with Crippen LogP contribution in [0.1, 0.15) is 36.3 Å². The second-order valence-electron chi connectivity index (χ2n) is 7.50. The lowest BCUT2D eigenvalue weighted by atomic mass is 9.79. The van der Waals surface area contributed by atoms with E-state index in [-0.39, 0.29) is 29.2 Å². The van der Waals surface area contributed by atoms with Gasteiger partial charge < -0.3 is 4.74 Å². The zero-order chi connectivity index (χ0) is 23.2. The highest BCUT2D eigenvalue weighted by atomic mass is 19.3. The highest BCUT2D eigenvalue weighted by Crippen LogP contribution is 2.40. The second kappa shape index (κ2) is 8.11. The molecule has 3 aromatic rings. The second-order valence-corrected chi connectivity index (χ2v) is 7.50. The van der Waals surface area contributed by atoms with Gasteiger partial charge in [-0.05, 0) is 48.1 Å². The minimum Gasteiger partial charge on any atom is -0.429 e. The van der Waals surface area contributed by atoms with Gasteiger partial charge in [-0.2, -0.15) is 8.78 Å². The fraction of sp³-hybridized carbons (Fsp3) is 0.217. The molecular weight excluding hydrogens is 444 g/mol. The molecule has 0 aliphatic heterocycles. The third kappa shape index (κ3) is 4.03. The van der Waals surface area contributed by atoms with E-state index in [2.05, 4.69) is 4.74 Å². The molecule has 1 fully saturated rings. The highest BCUT2D eigenvalue weighted by molar-refractivity contribution is 5.65. The molecule has 0 N–H and O–H groups in total. The summed E-state index contributed by atoms with van der Waals surface area (Å²) in [6.45, 7) is 0. The average Bonchev–Trinajstić information content (AvgIpc) is 2.63. The lowest BCUT2D eigenvalue weighted by Gasteiger charge is -2.26. The van der Waals surface area contributed by atoms with Crippen LogP contribution in [-0.2, 0) is 6.11 Å². The summed E-state index contributed by atoms with van der Waals surface area (Å²) in [5.74, 6) is -10.8. The third-order valence-corrected chi connectivity index (χ3v) is 5.42. The van der Waals surface area contributed by atoms with E-state index >= 15 is 0 Å². The molecule has 4 rings (SSSR count). The normalized spacial score (nSPS) is 14.4. The Morgan fingerprint density at radius 2 is 1.31 bits per heavy atom. The molecule has 0 saturated heterocycles. The maximum absolute atomic E-state index is 14.5. The summed E-state index contributed by atoms with van der Waals surface area (Å²) in [4.78, 5) is 0. The van der Waals surface area contributed by atoms with Gasteiger partial charge in [0.25, 0.3) is 0 Å². The fourth-order valence-corrected chi connectivity index (χ4v) is 3.56. The number of benzene rings is 3. The Morgan fingerprint density at radius 1 is 0.719 bits per heavy atom. The molecule has 3 aromatic carbocycles. The van der Waals surface area contributed by atoms with E-state index in [9.17, 15) is 35.1 Å². The van der Waals surface area contributed by atoms with Gasteiger partial charge in [0.15, 0.2) is 17.5 Å². The first kappa shape index (κ1) is 22.1. The maximum Gasteiger partial charge on any atom is 0.432 e. The number of rotatable bonds is 5.